The minimum Gasteiger partial charge on any atom is -0.469 e. The monoisotopic (exact) mass is 431 g/mol. The summed E-state index contributed by atoms with van der Waals surface area (Å²) in [6.07, 6.45) is -0.714. The van der Waals surface area contributed by atoms with E-state index in [-0.39, 0.29) is 18.9 Å². The summed E-state index contributed by atoms with van der Waals surface area (Å²) >= 11 is 6.18. The summed E-state index contributed by atoms with van der Waals surface area (Å²) < 4.78 is 4.64. The van der Waals surface area contributed by atoms with Crippen LogP contribution in [0.3, 0.4) is 0 Å². The molecule has 30 heavy (non-hydrogen) atoms. The molecule has 10 heteroatoms. The fourth-order valence-corrected chi connectivity index (χ4v) is 4.23. The lowest BCUT2D eigenvalue weighted by Crippen LogP contribution is -2.64. The Hall–Kier alpha value is -3.07. The Bertz CT molecular complexity index is 1010. The Morgan fingerprint density at radius 1 is 1.23 bits per heavy atom. The van der Waals surface area contributed by atoms with E-state index in [2.05, 4.69) is 4.74 Å². The van der Waals surface area contributed by atoms with Crippen LogP contribution in [0.2, 0.25) is 5.02 Å². The smallest absolute Gasteiger partial charge is 0.328 e. The Morgan fingerprint density at radius 2 is 1.97 bits per heavy atom. The minimum absolute atomic E-state index is 0.0408. The van der Waals surface area contributed by atoms with Crippen molar-refractivity contribution in [2.75, 3.05) is 25.6 Å². The number of fused-ring (bicyclic) bond motifs is 3. The average molecular weight is 432 g/mol. The van der Waals surface area contributed by atoms with Gasteiger partial charge in [-0.1, -0.05) is 17.7 Å². The first-order valence-corrected chi connectivity index (χ1v) is 9.89. The zero-order valence-electron chi connectivity index (χ0n) is 17.1. The van der Waals surface area contributed by atoms with Crippen molar-refractivity contribution in [1.29, 1.82) is 0 Å². The quantitative estimate of drug-likeness (QED) is 0.679. The minimum atomic E-state index is -0.695. The second kappa shape index (κ2) is 7.32. The molecular formula is C20H22ClN5O4. The number of rotatable bonds is 4. The van der Waals surface area contributed by atoms with Crippen molar-refractivity contribution in [2.45, 2.75) is 32.5 Å². The summed E-state index contributed by atoms with van der Waals surface area (Å²) in [7, 11) is 2.88. The molecule has 9 nitrogen and oxygen atoms in total. The number of amides is 3. The number of hydrogen-bond donors (Lipinski definition) is 0. The second-order valence-corrected chi connectivity index (χ2v) is 7.79. The lowest BCUT2D eigenvalue weighted by atomic mass is 10.1. The van der Waals surface area contributed by atoms with Crippen LogP contribution in [0, 0.1) is 0 Å². The highest BCUT2D eigenvalue weighted by atomic mass is 35.5. The van der Waals surface area contributed by atoms with Crippen LogP contribution >= 0.6 is 11.6 Å². The van der Waals surface area contributed by atoms with E-state index in [1.54, 1.807) is 13.1 Å². The van der Waals surface area contributed by atoms with Crippen molar-refractivity contribution < 1.29 is 19.1 Å². The van der Waals surface area contributed by atoms with Gasteiger partial charge in [-0.05, 0) is 32.0 Å². The second-order valence-electron chi connectivity index (χ2n) is 7.35. The van der Waals surface area contributed by atoms with Crippen molar-refractivity contribution in [3.8, 4) is 0 Å². The lowest BCUT2D eigenvalue weighted by molar-refractivity contribution is -0.142. The summed E-state index contributed by atoms with van der Waals surface area (Å²) in [5, 5.41) is 0.588. The van der Waals surface area contributed by atoms with Gasteiger partial charge >= 0.3 is 12.0 Å². The van der Waals surface area contributed by atoms with Crippen LogP contribution in [-0.2, 0) is 14.3 Å². The van der Waals surface area contributed by atoms with E-state index in [1.165, 1.54) is 12.0 Å². The van der Waals surface area contributed by atoms with E-state index in [9.17, 15) is 14.4 Å². The molecule has 0 aromatic heterocycles. The number of guanidine groups is 1. The number of allylic oxidation sites excluding steroid dienone is 2. The molecule has 1 aromatic carbocycles. The number of nitrogens with zero attached hydrogens (tertiary/aromatic N) is 5. The number of carbonyl (C=O) groups excluding carboxylic acids is 3. The Morgan fingerprint density at radius 3 is 2.63 bits per heavy atom. The zero-order chi connectivity index (χ0) is 21.7. The van der Waals surface area contributed by atoms with Gasteiger partial charge in [-0.15, -0.1) is 0 Å². The molecule has 0 N–H and O–H groups in total. The predicted octanol–water partition coefficient (Wildman–Crippen LogP) is 2.23. The van der Waals surface area contributed by atoms with E-state index < -0.39 is 24.2 Å². The molecule has 1 fully saturated rings. The molecule has 0 aliphatic carbocycles. The normalized spacial score (nSPS) is 23.2. The third-order valence-electron chi connectivity index (χ3n) is 5.73. The Balaban J connectivity index is 1.69. The number of ether oxygens (including phenoxy) is 1. The Kier molecular flexibility index (Phi) is 4.93. The molecule has 3 aliphatic heterocycles. The highest BCUT2D eigenvalue weighted by molar-refractivity contribution is 6.31. The van der Waals surface area contributed by atoms with Gasteiger partial charge in [-0.25, -0.2) is 9.79 Å². The van der Waals surface area contributed by atoms with Crippen molar-refractivity contribution in [3.63, 3.8) is 0 Å². The summed E-state index contributed by atoms with van der Waals surface area (Å²) in [4.78, 5) is 48.7. The van der Waals surface area contributed by atoms with Gasteiger partial charge in [0, 0.05) is 30.0 Å². The molecular weight excluding hydrogens is 410 g/mol. The third kappa shape index (κ3) is 2.92. The number of imide groups is 1. The van der Waals surface area contributed by atoms with Crippen LogP contribution in [0.4, 0.5) is 10.5 Å². The number of esters is 1. The summed E-state index contributed by atoms with van der Waals surface area (Å²) in [5.74, 6) is -0.292. The van der Waals surface area contributed by atoms with Crippen LogP contribution in [0.25, 0.3) is 0 Å². The number of methoxy groups -OCH3 is 1. The standard InChI is InChI=1S/C20H22ClN5O4/c1-11-12(2)26-16-17(22-19(26)25(11)14-7-5-6-13(21)10-14)23(3)20(29)24(18(16)28)9-8-15(27)30-4/h5-7,10,16-17H,8-9H2,1-4H3. The molecule has 0 bridgehead atoms. The first kappa shape index (κ1) is 20.2. The molecule has 1 saturated heterocycles. The van der Waals surface area contributed by atoms with Crippen molar-refractivity contribution in [3.05, 3.63) is 40.7 Å². The number of urea groups is 1. The highest BCUT2D eigenvalue weighted by Gasteiger charge is 2.55. The summed E-state index contributed by atoms with van der Waals surface area (Å²) in [6.45, 7) is 3.82. The van der Waals surface area contributed by atoms with E-state index >= 15 is 0 Å². The maximum absolute atomic E-state index is 13.3. The van der Waals surface area contributed by atoms with E-state index in [1.807, 2.05) is 41.8 Å². The summed E-state index contributed by atoms with van der Waals surface area (Å²) in [5.41, 5.74) is 2.61. The molecule has 1 aromatic rings. The number of aliphatic imine (C=N–C) groups is 1. The number of anilines is 1. The van der Waals surface area contributed by atoms with Gasteiger partial charge in [0.2, 0.25) is 5.96 Å². The van der Waals surface area contributed by atoms with Gasteiger partial charge in [-0.2, -0.15) is 0 Å². The molecule has 4 rings (SSSR count). The number of carbonyl (C=O) groups is 3. The van der Waals surface area contributed by atoms with Gasteiger partial charge in [0.25, 0.3) is 5.91 Å². The maximum Gasteiger partial charge on any atom is 0.328 e. The SMILES string of the molecule is COC(=O)CCN1C(=O)C2C(N=C3N(c4cccc(Cl)c4)C(C)=C(C)N32)N(C)C1=O. The first-order valence-electron chi connectivity index (χ1n) is 9.51. The molecule has 3 aliphatic rings. The molecule has 2 unspecified atom stereocenters. The van der Waals surface area contributed by atoms with E-state index in [0.717, 1.165) is 22.0 Å². The molecule has 3 heterocycles. The van der Waals surface area contributed by atoms with Gasteiger partial charge in [0.15, 0.2) is 12.2 Å². The van der Waals surface area contributed by atoms with Gasteiger partial charge < -0.3 is 9.64 Å². The van der Waals surface area contributed by atoms with E-state index in [0.29, 0.717) is 11.0 Å². The summed E-state index contributed by atoms with van der Waals surface area (Å²) in [6, 6.07) is 6.20. The highest BCUT2D eigenvalue weighted by Crippen LogP contribution is 2.40. The fraction of sp³-hybridized carbons (Fsp3) is 0.400. The molecule has 3 amide bonds. The fourth-order valence-electron chi connectivity index (χ4n) is 4.05. The number of halogens is 1. The Labute approximate surface area is 179 Å². The van der Waals surface area contributed by atoms with Crippen molar-refractivity contribution >= 4 is 41.2 Å². The lowest BCUT2D eigenvalue weighted by Gasteiger charge is -2.40. The maximum atomic E-state index is 13.3. The zero-order valence-corrected chi connectivity index (χ0v) is 17.9. The average Bonchev–Trinajstić information content (AvgIpc) is 3.21. The number of hydrogen-bond acceptors (Lipinski definition) is 7. The van der Waals surface area contributed by atoms with Gasteiger partial charge in [0.05, 0.1) is 19.2 Å². The molecule has 0 spiro atoms. The van der Waals surface area contributed by atoms with Crippen LogP contribution in [0.15, 0.2) is 40.7 Å². The molecule has 0 radical (unpaired) electrons. The van der Waals surface area contributed by atoms with Crippen molar-refractivity contribution in [2.24, 2.45) is 4.99 Å². The van der Waals surface area contributed by atoms with E-state index in [4.69, 9.17) is 16.6 Å². The van der Waals surface area contributed by atoms with Gasteiger partial charge in [-0.3, -0.25) is 24.3 Å². The molecule has 2 atom stereocenters. The van der Waals surface area contributed by atoms with Crippen LogP contribution < -0.4 is 4.90 Å². The topological polar surface area (TPSA) is 85.8 Å². The number of benzene rings is 1. The first-order chi connectivity index (χ1) is 14.3. The third-order valence-corrected chi connectivity index (χ3v) is 5.96. The largest absolute Gasteiger partial charge is 0.469 e. The van der Waals surface area contributed by atoms with Crippen LogP contribution in [0.5, 0.6) is 0 Å². The van der Waals surface area contributed by atoms with Crippen LogP contribution in [-0.4, -0.2) is 71.5 Å². The molecule has 158 valence electrons. The number of likely N-dealkylation sites (N-methyl/N-ethyl adjacent to an activating group) is 1. The van der Waals surface area contributed by atoms with Crippen molar-refractivity contribution in [1.82, 2.24) is 14.7 Å². The van der Waals surface area contributed by atoms with Crippen LogP contribution in [0.1, 0.15) is 20.3 Å². The van der Waals surface area contributed by atoms with Gasteiger partial charge in [0.1, 0.15) is 0 Å². The predicted molar refractivity (Wildman–Crippen MR) is 111 cm³/mol. The molecule has 0 saturated carbocycles.